The number of hydrogen-bond donors (Lipinski definition) is 0. The Hall–Kier alpha value is -3.77. The lowest BCUT2D eigenvalue weighted by Crippen LogP contribution is -2.21. The molecule has 1 heterocycles. The van der Waals surface area contributed by atoms with Crippen LogP contribution < -0.4 is 15.0 Å². The van der Waals surface area contributed by atoms with E-state index in [1.54, 1.807) is 22.8 Å². The van der Waals surface area contributed by atoms with Gasteiger partial charge in [0, 0.05) is 23.6 Å². The summed E-state index contributed by atoms with van der Waals surface area (Å²) >= 11 is 0. The third-order valence-electron chi connectivity index (χ3n) is 4.13. The minimum absolute atomic E-state index is 0.127. The number of aryl methyl sites for hydroxylation is 1. The largest absolute Gasteiger partial charge is 0.479 e. The first-order valence-electron chi connectivity index (χ1n) is 8.35. The monoisotopic (exact) mass is 359 g/mol. The van der Waals surface area contributed by atoms with Crippen molar-refractivity contribution >= 4 is 10.9 Å². The normalized spacial score (nSPS) is 10.2. The second-order valence-corrected chi connectivity index (χ2v) is 5.95. The number of nitrogens with zero attached hydrogens (tertiary/aromatic N) is 3. The summed E-state index contributed by atoms with van der Waals surface area (Å²) < 4.78 is 12.6. The highest BCUT2D eigenvalue weighted by molar-refractivity contribution is 5.90. The summed E-state index contributed by atoms with van der Waals surface area (Å²) in [7, 11) is 0. The molecule has 0 aliphatic rings. The maximum atomic E-state index is 12.7. The van der Waals surface area contributed by atoms with Crippen molar-refractivity contribution in [1.82, 2.24) is 4.57 Å². The summed E-state index contributed by atoms with van der Waals surface area (Å²) in [6, 6.07) is 18.4. The molecule has 0 bridgehead atoms. The van der Waals surface area contributed by atoms with E-state index in [-0.39, 0.29) is 18.8 Å². The SMILES string of the molecule is Cc1cc(=O)n(Cc2ccccc2)c2cc(OCC#N)cc(OCC#N)c12. The highest BCUT2D eigenvalue weighted by Gasteiger charge is 2.14. The molecule has 0 saturated carbocycles. The first-order valence-corrected chi connectivity index (χ1v) is 8.35. The number of nitriles is 2. The lowest BCUT2D eigenvalue weighted by molar-refractivity contribution is 0.352. The number of ether oxygens (including phenoxy) is 2. The van der Waals surface area contributed by atoms with E-state index in [0.717, 1.165) is 16.5 Å². The molecule has 0 aliphatic carbocycles. The first kappa shape index (κ1) is 18.0. The molecule has 0 unspecified atom stereocenters. The Morgan fingerprint density at radius 3 is 2.41 bits per heavy atom. The van der Waals surface area contributed by atoms with Crippen LogP contribution in [0, 0.1) is 29.6 Å². The Bertz CT molecular complexity index is 1110. The van der Waals surface area contributed by atoms with Gasteiger partial charge in [-0.1, -0.05) is 30.3 Å². The van der Waals surface area contributed by atoms with Gasteiger partial charge in [0.15, 0.2) is 13.2 Å². The molecule has 1 aromatic heterocycles. The summed E-state index contributed by atoms with van der Waals surface area (Å²) in [6.07, 6.45) is 0. The van der Waals surface area contributed by atoms with E-state index >= 15 is 0 Å². The van der Waals surface area contributed by atoms with E-state index in [2.05, 4.69) is 0 Å². The molecular formula is C21H17N3O3. The van der Waals surface area contributed by atoms with Crippen molar-refractivity contribution in [2.45, 2.75) is 13.5 Å². The zero-order valence-electron chi connectivity index (χ0n) is 14.8. The van der Waals surface area contributed by atoms with Crippen molar-refractivity contribution in [2.75, 3.05) is 13.2 Å². The maximum absolute atomic E-state index is 12.7. The summed E-state index contributed by atoms with van der Waals surface area (Å²) in [6.45, 7) is 1.95. The number of rotatable bonds is 6. The molecular weight excluding hydrogens is 342 g/mol. The molecule has 0 spiro atoms. The van der Waals surface area contributed by atoms with Crippen LogP contribution in [0.4, 0.5) is 0 Å². The Balaban J connectivity index is 2.23. The van der Waals surface area contributed by atoms with Crippen LogP contribution in [0.15, 0.2) is 53.3 Å². The number of pyridine rings is 1. The lowest BCUT2D eigenvalue weighted by atomic mass is 10.1. The highest BCUT2D eigenvalue weighted by atomic mass is 16.5. The molecule has 0 aliphatic heterocycles. The standard InChI is InChI=1S/C21H17N3O3/c1-15-11-20(25)24(14-16-5-3-2-4-6-16)18-12-17(26-9-7-22)13-19(21(15)18)27-10-8-23/h2-6,11-13H,9-10,14H2,1H3. The van der Waals surface area contributed by atoms with Gasteiger partial charge in [-0.15, -0.1) is 0 Å². The summed E-state index contributed by atoms with van der Waals surface area (Å²) in [5, 5.41) is 18.4. The minimum Gasteiger partial charge on any atom is -0.479 e. The molecule has 0 atom stereocenters. The molecule has 6 heteroatoms. The highest BCUT2D eigenvalue weighted by Crippen LogP contribution is 2.33. The zero-order valence-corrected chi connectivity index (χ0v) is 14.8. The maximum Gasteiger partial charge on any atom is 0.251 e. The number of benzene rings is 2. The molecule has 27 heavy (non-hydrogen) atoms. The molecule has 0 N–H and O–H groups in total. The smallest absolute Gasteiger partial charge is 0.251 e. The second-order valence-electron chi connectivity index (χ2n) is 5.95. The van der Waals surface area contributed by atoms with Gasteiger partial charge >= 0.3 is 0 Å². The molecule has 6 nitrogen and oxygen atoms in total. The van der Waals surface area contributed by atoms with E-state index in [1.807, 2.05) is 49.4 Å². The van der Waals surface area contributed by atoms with Crippen LogP contribution in [0.5, 0.6) is 11.5 Å². The van der Waals surface area contributed by atoms with Crippen LogP contribution in [0.1, 0.15) is 11.1 Å². The van der Waals surface area contributed by atoms with Crippen LogP contribution in [0.2, 0.25) is 0 Å². The van der Waals surface area contributed by atoms with Crippen LogP contribution >= 0.6 is 0 Å². The summed E-state index contributed by atoms with van der Waals surface area (Å²) in [5.74, 6) is 0.852. The Labute approximate surface area is 156 Å². The lowest BCUT2D eigenvalue weighted by Gasteiger charge is -2.16. The third-order valence-corrected chi connectivity index (χ3v) is 4.13. The Morgan fingerprint density at radius 1 is 1.00 bits per heavy atom. The minimum atomic E-state index is -0.146. The average molecular weight is 359 g/mol. The number of fused-ring (bicyclic) bond motifs is 1. The molecule has 134 valence electrons. The van der Waals surface area contributed by atoms with Gasteiger partial charge in [0.1, 0.15) is 23.6 Å². The predicted molar refractivity (Wildman–Crippen MR) is 101 cm³/mol. The predicted octanol–water partition coefficient (Wildman–Crippen LogP) is 3.16. The fraction of sp³-hybridized carbons (Fsp3) is 0.190. The van der Waals surface area contributed by atoms with Crippen molar-refractivity contribution in [1.29, 1.82) is 10.5 Å². The van der Waals surface area contributed by atoms with Gasteiger partial charge < -0.3 is 14.0 Å². The molecule has 0 radical (unpaired) electrons. The third kappa shape index (κ3) is 3.91. The number of aromatic nitrogens is 1. The molecule has 3 aromatic rings. The van der Waals surface area contributed by atoms with E-state index in [0.29, 0.717) is 23.6 Å². The molecule has 0 amide bonds. The van der Waals surface area contributed by atoms with Crippen molar-refractivity contribution < 1.29 is 9.47 Å². The van der Waals surface area contributed by atoms with Crippen LogP contribution in [-0.4, -0.2) is 17.8 Å². The van der Waals surface area contributed by atoms with E-state index < -0.39 is 0 Å². The first-order chi connectivity index (χ1) is 13.1. The topological polar surface area (TPSA) is 88.0 Å². The van der Waals surface area contributed by atoms with Gasteiger partial charge in [-0.05, 0) is 18.1 Å². The van der Waals surface area contributed by atoms with E-state index in [1.165, 1.54) is 0 Å². The number of hydrogen-bond acceptors (Lipinski definition) is 5. The van der Waals surface area contributed by atoms with Crippen molar-refractivity contribution in [2.24, 2.45) is 0 Å². The van der Waals surface area contributed by atoms with Gasteiger partial charge in [-0.25, -0.2) is 0 Å². The summed E-state index contributed by atoms with van der Waals surface area (Å²) in [5.41, 5.74) is 2.21. The van der Waals surface area contributed by atoms with Gasteiger partial charge in [-0.2, -0.15) is 10.5 Å². The molecule has 3 rings (SSSR count). The molecule has 0 fully saturated rings. The van der Waals surface area contributed by atoms with E-state index in [4.69, 9.17) is 20.0 Å². The average Bonchev–Trinajstić information content (AvgIpc) is 2.68. The van der Waals surface area contributed by atoms with Gasteiger partial charge in [-0.3, -0.25) is 4.79 Å². The molecule has 0 saturated heterocycles. The van der Waals surface area contributed by atoms with Gasteiger partial charge in [0.05, 0.1) is 12.1 Å². The quantitative estimate of drug-likeness (QED) is 0.674. The Morgan fingerprint density at radius 2 is 1.70 bits per heavy atom. The van der Waals surface area contributed by atoms with Gasteiger partial charge in [0.2, 0.25) is 0 Å². The van der Waals surface area contributed by atoms with Crippen LogP contribution in [-0.2, 0) is 6.54 Å². The second kappa shape index (κ2) is 8.07. The van der Waals surface area contributed by atoms with Crippen molar-refractivity contribution in [3.63, 3.8) is 0 Å². The zero-order chi connectivity index (χ0) is 19.2. The van der Waals surface area contributed by atoms with Crippen molar-refractivity contribution in [3.05, 3.63) is 70.0 Å². The molecule has 2 aromatic carbocycles. The summed E-state index contributed by atoms with van der Waals surface area (Å²) in [4.78, 5) is 12.7. The fourth-order valence-electron chi connectivity index (χ4n) is 2.99. The van der Waals surface area contributed by atoms with Crippen LogP contribution in [0.3, 0.4) is 0 Å². The van der Waals surface area contributed by atoms with Crippen LogP contribution in [0.25, 0.3) is 10.9 Å². The van der Waals surface area contributed by atoms with Crippen molar-refractivity contribution in [3.8, 4) is 23.6 Å². The van der Waals surface area contributed by atoms with Gasteiger partial charge in [0.25, 0.3) is 5.56 Å². The Kier molecular flexibility index (Phi) is 5.39. The fourth-order valence-corrected chi connectivity index (χ4v) is 2.99. The van der Waals surface area contributed by atoms with E-state index in [9.17, 15) is 4.79 Å².